The van der Waals surface area contributed by atoms with Gasteiger partial charge in [-0.3, -0.25) is 9.59 Å². The number of likely N-dealkylation sites (tertiary alicyclic amines) is 1. The number of carbonyl (C=O) groups excluding carboxylic acids is 2. The van der Waals surface area contributed by atoms with Crippen molar-refractivity contribution >= 4 is 11.8 Å². The molecule has 0 aromatic rings. The predicted molar refractivity (Wildman–Crippen MR) is 75.9 cm³/mol. The number of nitrogens with two attached hydrogens (primary N) is 1. The first-order valence-electron chi connectivity index (χ1n) is 7.93. The third kappa shape index (κ3) is 3.14. The highest BCUT2D eigenvalue weighted by Crippen LogP contribution is 2.33. The van der Waals surface area contributed by atoms with Gasteiger partial charge in [-0.2, -0.15) is 0 Å². The maximum atomic E-state index is 12.0. The molecule has 5 heteroatoms. The number of rotatable bonds is 4. The summed E-state index contributed by atoms with van der Waals surface area (Å²) in [5.74, 6) is 0.709. The normalized spacial score (nSPS) is 25.9. The number of nitrogens with one attached hydrogen (secondary N) is 1. The highest BCUT2D eigenvalue weighted by atomic mass is 16.2. The van der Waals surface area contributed by atoms with Gasteiger partial charge in [0, 0.05) is 37.0 Å². The van der Waals surface area contributed by atoms with Crippen LogP contribution in [-0.4, -0.2) is 41.4 Å². The number of amides is 2. The first-order valence-corrected chi connectivity index (χ1v) is 7.93. The summed E-state index contributed by atoms with van der Waals surface area (Å²) in [6.45, 7) is 1.57. The molecule has 3 rings (SSSR count). The van der Waals surface area contributed by atoms with E-state index >= 15 is 0 Å². The van der Waals surface area contributed by atoms with Crippen molar-refractivity contribution in [1.29, 1.82) is 0 Å². The van der Waals surface area contributed by atoms with E-state index in [9.17, 15) is 9.59 Å². The molecule has 3 N–H and O–H groups in total. The van der Waals surface area contributed by atoms with Gasteiger partial charge in [0.15, 0.2) is 0 Å². The van der Waals surface area contributed by atoms with E-state index in [0.29, 0.717) is 18.2 Å². The first-order chi connectivity index (χ1) is 9.56. The van der Waals surface area contributed by atoms with Crippen molar-refractivity contribution < 1.29 is 9.59 Å². The van der Waals surface area contributed by atoms with E-state index in [2.05, 4.69) is 5.32 Å². The molecule has 0 bridgehead atoms. The number of piperidine rings is 1. The SMILES string of the molecule is NC1(CC(=O)NC2CCN(C(=O)C3CC3)CC2)CCC1. The highest BCUT2D eigenvalue weighted by molar-refractivity contribution is 5.81. The van der Waals surface area contributed by atoms with Crippen LogP contribution in [0.25, 0.3) is 0 Å². The van der Waals surface area contributed by atoms with Gasteiger partial charge in [-0.1, -0.05) is 0 Å². The Kier molecular flexibility index (Phi) is 3.71. The van der Waals surface area contributed by atoms with Gasteiger partial charge in [0.05, 0.1) is 0 Å². The third-order valence-electron chi connectivity index (χ3n) is 4.96. The number of carbonyl (C=O) groups is 2. The summed E-state index contributed by atoms with van der Waals surface area (Å²) in [5, 5.41) is 3.09. The fourth-order valence-corrected chi connectivity index (χ4v) is 3.24. The zero-order chi connectivity index (χ0) is 14.2. The molecule has 1 aliphatic heterocycles. The topological polar surface area (TPSA) is 75.4 Å². The number of hydrogen-bond acceptors (Lipinski definition) is 3. The summed E-state index contributed by atoms with van der Waals surface area (Å²) >= 11 is 0. The smallest absolute Gasteiger partial charge is 0.225 e. The van der Waals surface area contributed by atoms with Crippen molar-refractivity contribution in [1.82, 2.24) is 10.2 Å². The van der Waals surface area contributed by atoms with Crippen LogP contribution in [0.3, 0.4) is 0 Å². The molecule has 0 spiro atoms. The molecular weight excluding hydrogens is 254 g/mol. The largest absolute Gasteiger partial charge is 0.353 e. The maximum absolute atomic E-state index is 12.0. The predicted octanol–water partition coefficient (Wildman–Crippen LogP) is 0.775. The zero-order valence-corrected chi connectivity index (χ0v) is 12.1. The van der Waals surface area contributed by atoms with Crippen LogP contribution >= 0.6 is 0 Å². The first kappa shape index (κ1) is 13.9. The molecular formula is C15H25N3O2. The van der Waals surface area contributed by atoms with Crippen LogP contribution in [0, 0.1) is 5.92 Å². The zero-order valence-electron chi connectivity index (χ0n) is 12.1. The Hall–Kier alpha value is -1.10. The monoisotopic (exact) mass is 279 g/mol. The fraction of sp³-hybridized carbons (Fsp3) is 0.867. The van der Waals surface area contributed by atoms with E-state index < -0.39 is 0 Å². The average molecular weight is 279 g/mol. The number of hydrogen-bond donors (Lipinski definition) is 2. The lowest BCUT2D eigenvalue weighted by atomic mass is 9.75. The highest BCUT2D eigenvalue weighted by Gasteiger charge is 2.37. The van der Waals surface area contributed by atoms with Crippen LogP contribution in [0.4, 0.5) is 0 Å². The lowest BCUT2D eigenvalue weighted by molar-refractivity contribution is -0.133. The van der Waals surface area contributed by atoms with Gasteiger partial charge in [0.2, 0.25) is 11.8 Å². The van der Waals surface area contributed by atoms with E-state index in [-0.39, 0.29) is 17.5 Å². The van der Waals surface area contributed by atoms with Crippen molar-refractivity contribution in [3.05, 3.63) is 0 Å². The minimum absolute atomic E-state index is 0.0826. The Balaban J connectivity index is 1.39. The van der Waals surface area contributed by atoms with Crippen LogP contribution in [0.1, 0.15) is 51.4 Å². The second kappa shape index (κ2) is 5.35. The average Bonchev–Trinajstić information content (AvgIpc) is 3.21. The van der Waals surface area contributed by atoms with Gasteiger partial charge in [-0.05, 0) is 44.9 Å². The summed E-state index contributed by atoms with van der Waals surface area (Å²) < 4.78 is 0. The Bertz CT molecular complexity index is 394. The van der Waals surface area contributed by atoms with Crippen LogP contribution in [-0.2, 0) is 9.59 Å². The quantitative estimate of drug-likeness (QED) is 0.798. The lowest BCUT2D eigenvalue weighted by Gasteiger charge is -2.38. The van der Waals surface area contributed by atoms with Gasteiger partial charge in [0.1, 0.15) is 0 Å². The molecule has 5 nitrogen and oxygen atoms in total. The van der Waals surface area contributed by atoms with Crippen LogP contribution in [0.2, 0.25) is 0 Å². The molecule has 0 radical (unpaired) electrons. The Morgan fingerprint density at radius 2 is 1.80 bits per heavy atom. The van der Waals surface area contributed by atoms with Gasteiger partial charge < -0.3 is 16.0 Å². The molecule has 0 aromatic carbocycles. The molecule has 0 unspecified atom stereocenters. The molecule has 0 atom stereocenters. The van der Waals surface area contributed by atoms with Crippen molar-refractivity contribution in [2.45, 2.75) is 62.9 Å². The fourth-order valence-electron chi connectivity index (χ4n) is 3.24. The summed E-state index contributed by atoms with van der Waals surface area (Å²) in [4.78, 5) is 25.9. The Morgan fingerprint density at radius 1 is 1.15 bits per heavy atom. The molecule has 2 saturated carbocycles. The third-order valence-corrected chi connectivity index (χ3v) is 4.96. The summed E-state index contributed by atoms with van der Waals surface area (Å²) in [6.07, 6.45) is 7.41. The molecule has 20 heavy (non-hydrogen) atoms. The van der Waals surface area contributed by atoms with Gasteiger partial charge in [0.25, 0.3) is 0 Å². The van der Waals surface area contributed by atoms with E-state index in [1.54, 1.807) is 0 Å². The molecule has 112 valence electrons. The second-order valence-corrected chi connectivity index (χ2v) is 6.83. The van der Waals surface area contributed by atoms with E-state index in [0.717, 1.165) is 58.0 Å². The van der Waals surface area contributed by atoms with Crippen molar-refractivity contribution in [2.75, 3.05) is 13.1 Å². The van der Waals surface area contributed by atoms with E-state index in [1.165, 1.54) is 0 Å². The lowest BCUT2D eigenvalue weighted by Crippen LogP contribution is -2.52. The summed E-state index contributed by atoms with van der Waals surface area (Å²) in [5.41, 5.74) is 5.85. The molecule has 1 saturated heterocycles. The minimum atomic E-state index is -0.243. The molecule has 3 aliphatic rings. The van der Waals surface area contributed by atoms with Crippen LogP contribution < -0.4 is 11.1 Å². The van der Waals surface area contributed by atoms with E-state index in [4.69, 9.17) is 5.73 Å². The van der Waals surface area contributed by atoms with Crippen LogP contribution in [0.5, 0.6) is 0 Å². The van der Waals surface area contributed by atoms with Crippen LogP contribution in [0.15, 0.2) is 0 Å². The molecule has 2 amide bonds. The van der Waals surface area contributed by atoms with Gasteiger partial charge in [-0.15, -0.1) is 0 Å². The maximum Gasteiger partial charge on any atom is 0.225 e. The standard InChI is InChI=1S/C15H25N3O2/c16-15(6-1-7-15)10-13(19)17-12-4-8-18(9-5-12)14(20)11-2-3-11/h11-12H,1-10,16H2,(H,17,19). The molecule has 3 fully saturated rings. The second-order valence-electron chi connectivity index (χ2n) is 6.83. The minimum Gasteiger partial charge on any atom is -0.353 e. The molecule has 1 heterocycles. The Labute approximate surface area is 120 Å². The van der Waals surface area contributed by atoms with Gasteiger partial charge >= 0.3 is 0 Å². The van der Waals surface area contributed by atoms with Crippen molar-refractivity contribution in [3.63, 3.8) is 0 Å². The van der Waals surface area contributed by atoms with Crippen molar-refractivity contribution in [3.8, 4) is 0 Å². The number of nitrogens with zero attached hydrogens (tertiary/aromatic N) is 1. The van der Waals surface area contributed by atoms with E-state index in [1.807, 2.05) is 4.90 Å². The molecule has 0 aromatic heterocycles. The van der Waals surface area contributed by atoms with Crippen molar-refractivity contribution in [2.24, 2.45) is 11.7 Å². The van der Waals surface area contributed by atoms with Gasteiger partial charge in [-0.25, -0.2) is 0 Å². The summed E-state index contributed by atoms with van der Waals surface area (Å²) in [6, 6.07) is 0.217. The molecule has 2 aliphatic carbocycles. The summed E-state index contributed by atoms with van der Waals surface area (Å²) in [7, 11) is 0. The Morgan fingerprint density at radius 3 is 2.30 bits per heavy atom.